The molecule has 0 saturated carbocycles. The molecular weight excluding hydrogens is 1290 g/mol. The largest absolute Gasteiger partial charge is 0.472 e. The quantitative estimate of drug-likeness (QED) is 0.0146. The summed E-state index contributed by atoms with van der Waals surface area (Å²) in [6.45, 7) is 2.48. The van der Waals surface area contributed by atoms with Crippen LogP contribution in [0.15, 0.2) is 134 Å². The lowest BCUT2D eigenvalue weighted by atomic mass is 10.1. The van der Waals surface area contributed by atoms with E-state index in [9.17, 15) is 43.5 Å². The molecule has 0 amide bonds. The van der Waals surface area contributed by atoms with Crippen molar-refractivity contribution in [3.63, 3.8) is 0 Å². The minimum atomic E-state index is -4.94. The first-order chi connectivity index (χ1) is 48.2. The van der Waals surface area contributed by atoms with Crippen LogP contribution in [0.5, 0.6) is 0 Å². The summed E-state index contributed by atoms with van der Waals surface area (Å²) in [7, 11) is -9.80. The molecule has 0 aliphatic rings. The molecule has 5 atom stereocenters. The van der Waals surface area contributed by atoms with E-state index in [0.29, 0.717) is 19.3 Å². The van der Waals surface area contributed by atoms with E-state index in [0.717, 1.165) is 161 Å². The summed E-state index contributed by atoms with van der Waals surface area (Å²) in [6.07, 6.45) is 87.8. The number of aliphatic hydroxyl groups is 2. The van der Waals surface area contributed by atoms with E-state index in [2.05, 4.69) is 154 Å². The molecule has 0 aliphatic heterocycles. The molecule has 0 rings (SSSR count). The zero-order valence-electron chi connectivity index (χ0n) is 61.9. The molecule has 18 heteroatoms. The number of carbonyl (C=O) groups is 3. The third kappa shape index (κ3) is 74.7. The molecular formula is C81H138O16P2. The molecule has 0 bridgehead atoms. The lowest BCUT2D eigenvalue weighted by molar-refractivity contribution is -0.161. The van der Waals surface area contributed by atoms with Gasteiger partial charge in [0.05, 0.1) is 26.4 Å². The van der Waals surface area contributed by atoms with Crippen molar-refractivity contribution in [1.29, 1.82) is 0 Å². The topological polar surface area (TPSA) is 231 Å². The number of phosphoric ester groups is 2. The molecule has 0 aromatic rings. The summed E-state index contributed by atoms with van der Waals surface area (Å²) < 4.78 is 61.0. The Hall–Kier alpha value is -4.31. The number of hydrogen-bond acceptors (Lipinski definition) is 14. The molecule has 0 aromatic heterocycles. The van der Waals surface area contributed by atoms with E-state index in [1.165, 1.54) is 83.5 Å². The van der Waals surface area contributed by atoms with Crippen LogP contribution in [-0.2, 0) is 55.8 Å². The van der Waals surface area contributed by atoms with Crippen molar-refractivity contribution in [2.24, 2.45) is 0 Å². The van der Waals surface area contributed by atoms with Gasteiger partial charge >= 0.3 is 33.6 Å². The van der Waals surface area contributed by atoms with Crippen LogP contribution >= 0.6 is 15.6 Å². The van der Waals surface area contributed by atoms with Crippen LogP contribution in [0, 0.1) is 0 Å². The fourth-order valence-corrected chi connectivity index (χ4v) is 11.5. The molecule has 16 nitrogen and oxygen atoms in total. The lowest BCUT2D eigenvalue weighted by Crippen LogP contribution is -2.30. The zero-order valence-corrected chi connectivity index (χ0v) is 63.7. The number of rotatable bonds is 72. The van der Waals surface area contributed by atoms with Gasteiger partial charge in [-0.05, 0) is 141 Å². The van der Waals surface area contributed by atoms with Gasteiger partial charge in [0.2, 0.25) is 0 Å². The molecule has 0 fully saturated rings. The predicted octanol–water partition coefficient (Wildman–Crippen LogP) is 22.3. The van der Waals surface area contributed by atoms with Crippen molar-refractivity contribution in [2.45, 2.75) is 322 Å². The molecule has 99 heavy (non-hydrogen) atoms. The van der Waals surface area contributed by atoms with Gasteiger partial charge in [-0.2, -0.15) is 0 Å². The van der Waals surface area contributed by atoms with Gasteiger partial charge in [-0.1, -0.05) is 276 Å². The third-order valence-corrected chi connectivity index (χ3v) is 17.7. The van der Waals surface area contributed by atoms with E-state index < -0.39 is 91.5 Å². The van der Waals surface area contributed by atoms with Gasteiger partial charge in [-0.3, -0.25) is 32.5 Å². The number of allylic oxidation sites excluding steroid dienone is 22. The van der Waals surface area contributed by atoms with Crippen molar-refractivity contribution in [3.05, 3.63) is 134 Å². The Kier molecular flexibility index (Phi) is 70.2. The van der Waals surface area contributed by atoms with Gasteiger partial charge in [0.25, 0.3) is 0 Å². The highest BCUT2D eigenvalue weighted by Crippen LogP contribution is 2.45. The Labute approximate surface area is 601 Å². The molecule has 5 unspecified atom stereocenters. The van der Waals surface area contributed by atoms with Crippen molar-refractivity contribution in [3.8, 4) is 0 Å². The van der Waals surface area contributed by atoms with E-state index in [1.54, 1.807) is 0 Å². The van der Waals surface area contributed by atoms with Crippen LogP contribution in [-0.4, -0.2) is 95.9 Å². The number of hydrogen-bond donors (Lipinski definition) is 4. The number of unbranched alkanes of at least 4 members (excludes halogenated alkanes) is 27. The van der Waals surface area contributed by atoms with Crippen molar-refractivity contribution < 1.29 is 75.8 Å². The lowest BCUT2D eigenvalue weighted by Gasteiger charge is -2.21. The summed E-state index contributed by atoms with van der Waals surface area (Å²) in [5.41, 5.74) is 0. The number of esters is 3. The highest BCUT2D eigenvalue weighted by Gasteiger charge is 2.29. The minimum Gasteiger partial charge on any atom is -0.463 e. The first-order valence-corrected chi connectivity index (χ1v) is 41.5. The Bertz CT molecular complexity index is 2330. The van der Waals surface area contributed by atoms with Gasteiger partial charge in [-0.25, -0.2) is 9.13 Å². The second-order valence-electron chi connectivity index (χ2n) is 25.4. The van der Waals surface area contributed by atoms with E-state index in [4.69, 9.17) is 32.3 Å². The van der Waals surface area contributed by atoms with Crippen LogP contribution in [0.2, 0.25) is 0 Å². The fraction of sp³-hybridized carbons (Fsp3) is 0.691. The van der Waals surface area contributed by atoms with Crippen molar-refractivity contribution >= 4 is 33.6 Å². The number of carbonyl (C=O) groups excluding carboxylic acids is 3. The molecule has 0 aliphatic carbocycles. The van der Waals surface area contributed by atoms with Gasteiger partial charge in [-0.15, -0.1) is 0 Å². The molecule has 568 valence electrons. The first-order valence-electron chi connectivity index (χ1n) is 38.5. The number of ether oxygens (including phenoxy) is 3. The van der Waals surface area contributed by atoms with Crippen molar-refractivity contribution in [2.75, 3.05) is 39.6 Å². The van der Waals surface area contributed by atoms with E-state index >= 15 is 0 Å². The summed E-state index contributed by atoms with van der Waals surface area (Å²) in [5, 5.41) is 20.6. The summed E-state index contributed by atoms with van der Waals surface area (Å²) in [6, 6.07) is 0. The van der Waals surface area contributed by atoms with Crippen LogP contribution in [0.1, 0.15) is 303 Å². The Balaban J connectivity index is 4.53. The van der Waals surface area contributed by atoms with Gasteiger partial charge in [0.1, 0.15) is 25.4 Å². The SMILES string of the molecule is CC/C=C\C/C=C\C/C=C\C/C=C\C/C=C\C/C=C\CCCCCCCCCCCCC(=O)OCC(O)COP(=O)(O)OCC(O)COP(=O)(O)OCC(COC(=O)CCCCCCC/C=C\C/C=C\C/C=C\C/C=C\CCCCC)OC(=O)CCCCCCC/C=C\CCCCCC. The standard InChI is InChI=1S/C81H138O16P2/c1-4-7-10-13-16-19-22-25-27-29-31-33-34-35-36-37-38-39-40-42-44-45-47-50-52-55-58-61-64-67-79(84)91-70-76(82)71-93-98(87,88)94-72-77(83)73-95-99(89,90)96-75-78(97-81(86)69-66-63-60-57-54-49-24-21-18-15-12-9-6-3)74-92-80(85)68-65-62-59-56-53-51-48-46-43-41-32-30-28-26-23-20-17-14-11-8-5-2/h7,10,16-17,19-21,24-28,31-33,35-36,38-39,41,46,48,76-78,82-83H,4-6,8-9,11-15,18,22-23,29-30,34,37,40,42-45,47,49-75H2,1-3H3,(H,87,88)(H,89,90)/b10-7-,19-16-,20-17-,24-21-,27-25-,28-26-,33-31-,36-35-,39-38-,41-32-,48-46-. The first kappa shape index (κ1) is 94.7. The fourth-order valence-electron chi connectivity index (χ4n) is 9.96. The van der Waals surface area contributed by atoms with Gasteiger partial charge in [0, 0.05) is 19.3 Å². The monoisotopic (exact) mass is 1430 g/mol. The Morgan fingerprint density at radius 3 is 0.879 bits per heavy atom. The highest BCUT2D eigenvalue weighted by atomic mass is 31.2. The van der Waals surface area contributed by atoms with Crippen LogP contribution in [0.25, 0.3) is 0 Å². The average molecular weight is 1430 g/mol. The smallest absolute Gasteiger partial charge is 0.463 e. The highest BCUT2D eigenvalue weighted by molar-refractivity contribution is 7.47. The maximum atomic E-state index is 12.9. The third-order valence-electron chi connectivity index (χ3n) is 15.8. The summed E-state index contributed by atoms with van der Waals surface area (Å²) >= 11 is 0. The second-order valence-corrected chi connectivity index (χ2v) is 28.3. The Morgan fingerprint density at radius 2 is 0.535 bits per heavy atom. The van der Waals surface area contributed by atoms with Crippen LogP contribution in [0.4, 0.5) is 0 Å². The maximum Gasteiger partial charge on any atom is 0.472 e. The molecule has 0 saturated heterocycles. The Morgan fingerprint density at radius 1 is 0.293 bits per heavy atom. The molecule has 0 aromatic carbocycles. The van der Waals surface area contributed by atoms with Gasteiger partial charge < -0.3 is 34.2 Å². The maximum absolute atomic E-state index is 12.9. The van der Waals surface area contributed by atoms with Crippen LogP contribution in [0.3, 0.4) is 0 Å². The molecule has 0 spiro atoms. The predicted molar refractivity (Wildman–Crippen MR) is 408 cm³/mol. The molecule has 4 N–H and O–H groups in total. The number of phosphoric acid groups is 2. The summed E-state index contributed by atoms with van der Waals surface area (Å²) in [5.74, 6) is -1.61. The zero-order chi connectivity index (χ0) is 72.3. The number of aliphatic hydroxyl groups excluding tert-OH is 2. The normalized spacial score (nSPS) is 14.8. The average Bonchev–Trinajstić information content (AvgIpc) is 1.36. The summed E-state index contributed by atoms with van der Waals surface area (Å²) in [4.78, 5) is 58.5. The molecule has 0 heterocycles. The molecule has 0 radical (unpaired) electrons. The van der Waals surface area contributed by atoms with Crippen LogP contribution < -0.4 is 0 Å². The van der Waals surface area contributed by atoms with E-state index in [-0.39, 0.29) is 19.3 Å². The van der Waals surface area contributed by atoms with Crippen molar-refractivity contribution in [1.82, 2.24) is 0 Å². The van der Waals surface area contributed by atoms with Gasteiger partial charge in [0.15, 0.2) is 6.10 Å². The minimum absolute atomic E-state index is 0.0880. The van der Waals surface area contributed by atoms with E-state index in [1.807, 2.05) is 0 Å². The second kappa shape index (κ2) is 73.4.